The molecule has 4 rings (SSSR count). The zero-order chi connectivity index (χ0) is 20.8. The number of aryl methyl sites for hydroxylation is 2. The van der Waals surface area contributed by atoms with Crippen LogP contribution in [0.3, 0.4) is 0 Å². The number of hydrogen-bond donors (Lipinski definition) is 0. The van der Waals surface area contributed by atoms with Gasteiger partial charge in [0.2, 0.25) is 0 Å². The average molecular weight is 425 g/mol. The van der Waals surface area contributed by atoms with E-state index in [4.69, 9.17) is 14.2 Å². The van der Waals surface area contributed by atoms with E-state index in [1.54, 1.807) is 13.3 Å². The van der Waals surface area contributed by atoms with Gasteiger partial charge in [0.25, 0.3) is 0 Å². The molecule has 1 aromatic heterocycles. The predicted octanol–water partition coefficient (Wildman–Crippen LogP) is 4.74. The second-order valence-corrected chi connectivity index (χ2v) is 8.68. The van der Waals surface area contributed by atoms with Crippen LogP contribution in [0.1, 0.15) is 17.5 Å². The van der Waals surface area contributed by atoms with Crippen molar-refractivity contribution in [1.29, 1.82) is 0 Å². The maximum absolute atomic E-state index is 6.53. The van der Waals surface area contributed by atoms with E-state index in [-0.39, 0.29) is 6.10 Å². The number of benzene rings is 2. The first kappa shape index (κ1) is 21.0. The van der Waals surface area contributed by atoms with Gasteiger partial charge in [-0.25, -0.2) is 4.98 Å². The third-order valence-electron chi connectivity index (χ3n) is 5.37. The average Bonchev–Trinajstić information content (AvgIpc) is 3.43. The number of methoxy groups -OCH3 is 1. The Morgan fingerprint density at radius 3 is 2.77 bits per heavy atom. The molecule has 0 radical (unpaired) electrons. The van der Waals surface area contributed by atoms with E-state index in [2.05, 4.69) is 48.3 Å². The molecule has 1 fully saturated rings. The first-order valence-electron chi connectivity index (χ1n) is 10.2. The van der Waals surface area contributed by atoms with Crippen molar-refractivity contribution in [3.8, 4) is 5.75 Å². The SMILES string of the molecule is COc1ccc(CCC2(Cn3ccnc3)OCC(CSc3ccccc3C)O2)cc1. The summed E-state index contributed by atoms with van der Waals surface area (Å²) in [6.07, 6.45) is 7.28. The molecule has 1 aliphatic rings. The van der Waals surface area contributed by atoms with Crippen molar-refractivity contribution < 1.29 is 14.2 Å². The van der Waals surface area contributed by atoms with E-state index in [0.717, 1.165) is 24.3 Å². The van der Waals surface area contributed by atoms with Crippen LogP contribution in [0.5, 0.6) is 5.75 Å². The molecule has 0 N–H and O–H groups in total. The molecule has 30 heavy (non-hydrogen) atoms. The van der Waals surface area contributed by atoms with Crippen LogP contribution in [0.15, 0.2) is 72.1 Å². The molecule has 3 aromatic rings. The maximum Gasteiger partial charge on any atom is 0.187 e. The first-order chi connectivity index (χ1) is 14.7. The van der Waals surface area contributed by atoms with Gasteiger partial charge in [0.05, 0.1) is 32.7 Å². The first-order valence-corrected chi connectivity index (χ1v) is 11.2. The van der Waals surface area contributed by atoms with Crippen LogP contribution in [0.2, 0.25) is 0 Å². The molecule has 2 unspecified atom stereocenters. The molecule has 158 valence electrons. The predicted molar refractivity (Wildman–Crippen MR) is 119 cm³/mol. The molecule has 2 aromatic carbocycles. The van der Waals surface area contributed by atoms with Crippen molar-refractivity contribution >= 4 is 11.8 Å². The number of thioether (sulfide) groups is 1. The largest absolute Gasteiger partial charge is 0.497 e. The van der Waals surface area contributed by atoms with Crippen LogP contribution in [0.4, 0.5) is 0 Å². The molecule has 0 aliphatic carbocycles. The van der Waals surface area contributed by atoms with Crippen molar-refractivity contribution in [3.05, 3.63) is 78.4 Å². The van der Waals surface area contributed by atoms with Crippen molar-refractivity contribution in [2.45, 2.75) is 43.1 Å². The third kappa shape index (κ3) is 5.25. The fourth-order valence-corrected chi connectivity index (χ4v) is 4.68. The van der Waals surface area contributed by atoms with Crippen LogP contribution in [-0.2, 0) is 22.4 Å². The van der Waals surface area contributed by atoms with Gasteiger partial charge in [0, 0.05) is 29.5 Å². The molecule has 2 heterocycles. The minimum Gasteiger partial charge on any atom is -0.497 e. The van der Waals surface area contributed by atoms with E-state index in [1.165, 1.54) is 16.0 Å². The molecule has 1 saturated heterocycles. The number of aromatic nitrogens is 2. The van der Waals surface area contributed by atoms with Crippen molar-refractivity contribution in [3.63, 3.8) is 0 Å². The van der Waals surface area contributed by atoms with Crippen molar-refractivity contribution in [2.75, 3.05) is 19.5 Å². The van der Waals surface area contributed by atoms with Gasteiger partial charge in [0.1, 0.15) is 5.75 Å². The van der Waals surface area contributed by atoms with Gasteiger partial charge in [0.15, 0.2) is 5.79 Å². The highest BCUT2D eigenvalue weighted by Crippen LogP contribution is 2.34. The lowest BCUT2D eigenvalue weighted by Crippen LogP contribution is -2.37. The summed E-state index contributed by atoms with van der Waals surface area (Å²) in [7, 11) is 1.68. The van der Waals surface area contributed by atoms with Crippen LogP contribution in [0.25, 0.3) is 0 Å². The van der Waals surface area contributed by atoms with Gasteiger partial charge >= 0.3 is 0 Å². The lowest BCUT2D eigenvalue weighted by molar-refractivity contribution is -0.180. The number of imidazole rings is 1. The molecule has 1 aliphatic heterocycles. The Morgan fingerprint density at radius 2 is 2.03 bits per heavy atom. The number of nitrogens with zero attached hydrogens (tertiary/aromatic N) is 2. The lowest BCUT2D eigenvalue weighted by Gasteiger charge is -2.28. The Hall–Kier alpha value is -2.28. The van der Waals surface area contributed by atoms with E-state index >= 15 is 0 Å². The van der Waals surface area contributed by atoms with E-state index in [0.29, 0.717) is 13.2 Å². The second-order valence-electron chi connectivity index (χ2n) is 7.62. The molecule has 0 spiro atoms. The Morgan fingerprint density at radius 1 is 1.20 bits per heavy atom. The van der Waals surface area contributed by atoms with Gasteiger partial charge < -0.3 is 18.8 Å². The summed E-state index contributed by atoms with van der Waals surface area (Å²) in [4.78, 5) is 5.47. The zero-order valence-electron chi connectivity index (χ0n) is 17.5. The molecule has 0 amide bonds. The Kier molecular flexibility index (Phi) is 6.77. The summed E-state index contributed by atoms with van der Waals surface area (Å²) in [5, 5.41) is 0. The molecule has 0 bridgehead atoms. The van der Waals surface area contributed by atoms with Gasteiger partial charge in [-0.1, -0.05) is 30.3 Å². The van der Waals surface area contributed by atoms with E-state index in [9.17, 15) is 0 Å². The highest BCUT2D eigenvalue weighted by atomic mass is 32.2. The van der Waals surface area contributed by atoms with E-state index < -0.39 is 5.79 Å². The van der Waals surface area contributed by atoms with Crippen LogP contribution >= 0.6 is 11.8 Å². The fourth-order valence-electron chi connectivity index (χ4n) is 3.68. The Balaban J connectivity index is 1.41. The minimum atomic E-state index is -0.641. The number of ether oxygens (including phenoxy) is 3. The molecular formula is C24H28N2O3S. The molecule has 5 nitrogen and oxygen atoms in total. The lowest BCUT2D eigenvalue weighted by atomic mass is 10.0. The van der Waals surface area contributed by atoms with E-state index in [1.807, 2.05) is 41.0 Å². The maximum atomic E-state index is 6.53. The second kappa shape index (κ2) is 9.69. The highest BCUT2D eigenvalue weighted by Gasteiger charge is 2.41. The highest BCUT2D eigenvalue weighted by molar-refractivity contribution is 7.99. The zero-order valence-corrected chi connectivity index (χ0v) is 18.3. The quantitative estimate of drug-likeness (QED) is 0.465. The minimum absolute atomic E-state index is 0.0639. The summed E-state index contributed by atoms with van der Waals surface area (Å²) in [5.74, 6) is 1.10. The monoisotopic (exact) mass is 424 g/mol. The molecule has 6 heteroatoms. The number of rotatable bonds is 9. The Labute approximate surface area is 182 Å². The summed E-state index contributed by atoms with van der Waals surface area (Å²) >= 11 is 1.83. The summed E-state index contributed by atoms with van der Waals surface area (Å²) in [6.45, 7) is 3.39. The third-order valence-corrected chi connectivity index (χ3v) is 6.68. The number of hydrogen-bond acceptors (Lipinski definition) is 5. The normalized spacial score (nSPS) is 21.1. The standard InChI is InChI=1S/C24H28N2O3S/c1-19-5-3-4-6-23(19)30-16-22-15-28-24(29-22,17-26-14-13-25-18-26)12-11-20-7-9-21(27-2)10-8-20/h3-10,13-14,18,22H,11-12,15-17H2,1-2H3. The molecule has 2 atom stereocenters. The van der Waals surface area contributed by atoms with Gasteiger partial charge in [-0.15, -0.1) is 11.8 Å². The Bertz CT molecular complexity index is 930. The smallest absolute Gasteiger partial charge is 0.187 e. The summed E-state index contributed by atoms with van der Waals surface area (Å²) in [5.41, 5.74) is 2.54. The van der Waals surface area contributed by atoms with Crippen LogP contribution in [0, 0.1) is 6.92 Å². The van der Waals surface area contributed by atoms with Crippen LogP contribution < -0.4 is 4.74 Å². The molecule has 0 saturated carbocycles. The summed E-state index contributed by atoms with van der Waals surface area (Å²) < 4.78 is 20.1. The van der Waals surface area contributed by atoms with Crippen molar-refractivity contribution in [1.82, 2.24) is 9.55 Å². The molecular weight excluding hydrogens is 396 g/mol. The van der Waals surface area contributed by atoms with Crippen molar-refractivity contribution in [2.24, 2.45) is 0 Å². The van der Waals surface area contributed by atoms with Gasteiger partial charge in [-0.2, -0.15) is 0 Å². The fraction of sp³-hybridized carbons (Fsp3) is 0.375. The van der Waals surface area contributed by atoms with Crippen LogP contribution in [-0.4, -0.2) is 40.9 Å². The topological polar surface area (TPSA) is 45.5 Å². The van der Waals surface area contributed by atoms with Gasteiger partial charge in [-0.3, -0.25) is 0 Å². The van der Waals surface area contributed by atoms with Gasteiger partial charge in [-0.05, 0) is 42.7 Å². The summed E-state index contributed by atoms with van der Waals surface area (Å²) in [6, 6.07) is 16.7.